The molecule has 0 radical (unpaired) electrons. The second-order valence-corrected chi connectivity index (χ2v) is 3.43. The molecular formula is C13H21NO2. The molecule has 0 amide bonds. The lowest BCUT2D eigenvalue weighted by Crippen LogP contribution is -2.11. The van der Waals surface area contributed by atoms with Gasteiger partial charge in [-0.1, -0.05) is 13.0 Å². The van der Waals surface area contributed by atoms with Crippen LogP contribution in [-0.2, 0) is 6.54 Å². The van der Waals surface area contributed by atoms with Gasteiger partial charge in [-0.15, -0.1) is 0 Å². The van der Waals surface area contributed by atoms with Crippen LogP contribution in [0.2, 0.25) is 0 Å². The van der Waals surface area contributed by atoms with Gasteiger partial charge in [-0.2, -0.15) is 0 Å². The predicted molar refractivity (Wildman–Crippen MR) is 66.2 cm³/mol. The third kappa shape index (κ3) is 3.74. The zero-order valence-corrected chi connectivity index (χ0v) is 10.4. The molecule has 0 aliphatic heterocycles. The molecule has 0 fully saturated rings. The number of hydrogen-bond donors (Lipinski definition) is 1. The van der Waals surface area contributed by atoms with Crippen LogP contribution in [0.4, 0.5) is 0 Å². The zero-order chi connectivity index (χ0) is 11.8. The average Bonchev–Trinajstić information content (AvgIpc) is 2.30. The van der Waals surface area contributed by atoms with Gasteiger partial charge in [0, 0.05) is 6.54 Å². The normalized spacial score (nSPS) is 10.2. The molecule has 0 aliphatic rings. The molecule has 0 atom stereocenters. The molecule has 16 heavy (non-hydrogen) atoms. The Morgan fingerprint density at radius 2 is 1.69 bits per heavy atom. The SMILES string of the molecule is CCNCc1ccc(OCC)c(OCC)c1. The fourth-order valence-electron chi connectivity index (χ4n) is 1.47. The van der Waals surface area contributed by atoms with Crippen LogP contribution in [-0.4, -0.2) is 19.8 Å². The molecule has 3 heteroatoms. The van der Waals surface area contributed by atoms with Crippen LogP contribution >= 0.6 is 0 Å². The van der Waals surface area contributed by atoms with Crippen molar-refractivity contribution in [1.29, 1.82) is 0 Å². The molecule has 0 heterocycles. The summed E-state index contributed by atoms with van der Waals surface area (Å²) in [7, 11) is 0. The number of rotatable bonds is 7. The molecule has 0 spiro atoms. The van der Waals surface area contributed by atoms with Crippen molar-refractivity contribution in [3.8, 4) is 11.5 Å². The molecule has 1 aromatic rings. The summed E-state index contributed by atoms with van der Waals surface area (Å²) in [6.07, 6.45) is 0. The van der Waals surface area contributed by atoms with Gasteiger partial charge in [-0.25, -0.2) is 0 Å². The minimum Gasteiger partial charge on any atom is -0.490 e. The molecule has 0 saturated carbocycles. The maximum atomic E-state index is 5.56. The van der Waals surface area contributed by atoms with Crippen molar-refractivity contribution in [2.75, 3.05) is 19.8 Å². The van der Waals surface area contributed by atoms with E-state index in [0.717, 1.165) is 24.6 Å². The largest absolute Gasteiger partial charge is 0.490 e. The molecule has 1 aromatic carbocycles. The molecule has 1 N–H and O–H groups in total. The minimum absolute atomic E-state index is 0.657. The first-order valence-electron chi connectivity index (χ1n) is 5.91. The van der Waals surface area contributed by atoms with E-state index in [1.54, 1.807) is 0 Å². The summed E-state index contributed by atoms with van der Waals surface area (Å²) >= 11 is 0. The van der Waals surface area contributed by atoms with Crippen LogP contribution in [0.15, 0.2) is 18.2 Å². The maximum absolute atomic E-state index is 5.56. The van der Waals surface area contributed by atoms with Crippen molar-refractivity contribution in [1.82, 2.24) is 5.32 Å². The van der Waals surface area contributed by atoms with Gasteiger partial charge in [-0.3, -0.25) is 0 Å². The number of hydrogen-bond acceptors (Lipinski definition) is 3. The molecule has 0 aliphatic carbocycles. The van der Waals surface area contributed by atoms with Gasteiger partial charge in [0.15, 0.2) is 11.5 Å². The van der Waals surface area contributed by atoms with Crippen molar-refractivity contribution < 1.29 is 9.47 Å². The maximum Gasteiger partial charge on any atom is 0.161 e. The fourth-order valence-corrected chi connectivity index (χ4v) is 1.47. The van der Waals surface area contributed by atoms with Crippen LogP contribution in [0.25, 0.3) is 0 Å². The van der Waals surface area contributed by atoms with Gasteiger partial charge in [0.2, 0.25) is 0 Å². The van der Waals surface area contributed by atoms with Crippen molar-refractivity contribution >= 4 is 0 Å². The molecule has 0 aromatic heterocycles. The van der Waals surface area contributed by atoms with Gasteiger partial charge in [0.1, 0.15) is 0 Å². The Morgan fingerprint density at radius 3 is 2.31 bits per heavy atom. The van der Waals surface area contributed by atoms with E-state index in [0.29, 0.717) is 13.2 Å². The van der Waals surface area contributed by atoms with E-state index in [4.69, 9.17) is 9.47 Å². The van der Waals surface area contributed by atoms with Crippen LogP contribution in [0, 0.1) is 0 Å². The van der Waals surface area contributed by atoms with E-state index in [1.807, 2.05) is 26.0 Å². The molecule has 90 valence electrons. The Morgan fingerprint density at radius 1 is 1.00 bits per heavy atom. The van der Waals surface area contributed by atoms with Crippen LogP contribution in [0.1, 0.15) is 26.3 Å². The lowest BCUT2D eigenvalue weighted by molar-refractivity contribution is 0.287. The Kier molecular flexibility index (Phi) is 5.72. The Balaban J connectivity index is 2.79. The number of nitrogens with one attached hydrogen (secondary N) is 1. The highest BCUT2D eigenvalue weighted by atomic mass is 16.5. The molecule has 0 unspecified atom stereocenters. The van der Waals surface area contributed by atoms with Crippen LogP contribution < -0.4 is 14.8 Å². The fraction of sp³-hybridized carbons (Fsp3) is 0.538. The predicted octanol–water partition coefficient (Wildman–Crippen LogP) is 2.59. The summed E-state index contributed by atoms with van der Waals surface area (Å²) in [5.41, 5.74) is 1.22. The van der Waals surface area contributed by atoms with E-state index < -0.39 is 0 Å². The van der Waals surface area contributed by atoms with Crippen molar-refractivity contribution in [3.63, 3.8) is 0 Å². The molecule has 0 bridgehead atoms. The third-order valence-corrected chi connectivity index (χ3v) is 2.19. The van der Waals surface area contributed by atoms with E-state index in [-0.39, 0.29) is 0 Å². The minimum atomic E-state index is 0.657. The Bertz CT molecular complexity index is 313. The summed E-state index contributed by atoms with van der Waals surface area (Å²) in [5.74, 6) is 1.66. The van der Waals surface area contributed by atoms with Gasteiger partial charge < -0.3 is 14.8 Å². The first-order chi connectivity index (χ1) is 7.81. The zero-order valence-electron chi connectivity index (χ0n) is 10.4. The highest BCUT2D eigenvalue weighted by molar-refractivity contribution is 5.43. The topological polar surface area (TPSA) is 30.5 Å². The Hall–Kier alpha value is -1.22. The van der Waals surface area contributed by atoms with Gasteiger partial charge in [0.25, 0.3) is 0 Å². The highest BCUT2D eigenvalue weighted by Crippen LogP contribution is 2.28. The first-order valence-corrected chi connectivity index (χ1v) is 5.91. The average molecular weight is 223 g/mol. The summed E-state index contributed by atoms with van der Waals surface area (Å²) in [6.45, 7) is 9.20. The quantitative estimate of drug-likeness (QED) is 0.770. The molecular weight excluding hydrogens is 202 g/mol. The number of benzene rings is 1. The second kappa shape index (κ2) is 7.12. The summed E-state index contributed by atoms with van der Waals surface area (Å²) in [5, 5.41) is 3.29. The summed E-state index contributed by atoms with van der Waals surface area (Å²) in [6, 6.07) is 6.08. The van der Waals surface area contributed by atoms with Crippen molar-refractivity contribution in [2.45, 2.75) is 27.3 Å². The molecule has 0 saturated heterocycles. The monoisotopic (exact) mass is 223 g/mol. The van der Waals surface area contributed by atoms with Crippen molar-refractivity contribution in [3.05, 3.63) is 23.8 Å². The number of ether oxygens (including phenoxy) is 2. The smallest absolute Gasteiger partial charge is 0.161 e. The van der Waals surface area contributed by atoms with Gasteiger partial charge >= 0.3 is 0 Å². The van der Waals surface area contributed by atoms with Crippen LogP contribution in [0.3, 0.4) is 0 Å². The second-order valence-electron chi connectivity index (χ2n) is 3.43. The van der Waals surface area contributed by atoms with Crippen LogP contribution in [0.5, 0.6) is 11.5 Å². The first kappa shape index (κ1) is 12.8. The van der Waals surface area contributed by atoms with E-state index in [9.17, 15) is 0 Å². The van der Waals surface area contributed by atoms with Crippen molar-refractivity contribution in [2.24, 2.45) is 0 Å². The lowest BCUT2D eigenvalue weighted by Gasteiger charge is -2.12. The highest BCUT2D eigenvalue weighted by Gasteiger charge is 2.05. The van der Waals surface area contributed by atoms with Gasteiger partial charge in [-0.05, 0) is 38.1 Å². The standard InChI is InChI=1S/C13H21NO2/c1-4-14-10-11-7-8-12(15-5-2)13(9-11)16-6-3/h7-9,14H,4-6,10H2,1-3H3. The van der Waals surface area contributed by atoms with E-state index >= 15 is 0 Å². The molecule has 1 rings (SSSR count). The van der Waals surface area contributed by atoms with Gasteiger partial charge in [0.05, 0.1) is 13.2 Å². The van der Waals surface area contributed by atoms with E-state index in [2.05, 4.69) is 18.3 Å². The lowest BCUT2D eigenvalue weighted by atomic mass is 10.2. The third-order valence-electron chi connectivity index (χ3n) is 2.19. The van der Waals surface area contributed by atoms with E-state index in [1.165, 1.54) is 5.56 Å². The molecule has 3 nitrogen and oxygen atoms in total. The Labute approximate surface area is 97.8 Å². The summed E-state index contributed by atoms with van der Waals surface area (Å²) < 4.78 is 11.1. The summed E-state index contributed by atoms with van der Waals surface area (Å²) in [4.78, 5) is 0.